The number of hydrogen-bond donors (Lipinski definition) is 1. The predicted octanol–water partition coefficient (Wildman–Crippen LogP) is 2.73. The molecule has 0 unspecified atom stereocenters. The van der Waals surface area contributed by atoms with Crippen LogP contribution in [0.2, 0.25) is 0 Å². The maximum absolute atomic E-state index is 12.6. The molecule has 0 aromatic carbocycles. The molecule has 0 fully saturated rings. The van der Waals surface area contributed by atoms with Gasteiger partial charge in [-0.1, -0.05) is 13.3 Å². The minimum atomic E-state index is -1.42. The van der Waals surface area contributed by atoms with E-state index < -0.39 is 45.2 Å². The number of hydrogen-bond acceptors (Lipinski definition) is 5. The fourth-order valence-corrected chi connectivity index (χ4v) is 2.82. The van der Waals surface area contributed by atoms with Gasteiger partial charge in [-0.05, 0) is 54.9 Å². The van der Waals surface area contributed by atoms with E-state index in [0.717, 1.165) is 6.42 Å². The molecule has 7 heteroatoms. The van der Waals surface area contributed by atoms with Gasteiger partial charge in [0.15, 0.2) is 5.92 Å². The molecule has 0 heterocycles. The summed E-state index contributed by atoms with van der Waals surface area (Å²) >= 11 is 0. The minimum Gasteiger partial charge on any atom is -0.465 e. The Balaban J connectivity index is 5.54. The quantitative estimate of drug-likeness (QED) is 0.530. The average molecular weight is 364 g/mol. The molecule has 0 saturated heterocycles. The van der Waals surface area contributed by atoms with Crippen molar-refractivity contribution >= 4 is 22.9 Å². The molecule has 0 aliphatic carbocycles. The summed E-state index contributed by atoms with van der Waals surface area (Å²) in [4.78, 5) is 24.9. The van der Waals surface area contributed by atoms with Crippen molar-refractivity contribution in [2.24, 2.45) is 5.92 Å². The molecule has 6 nitrogen and oxygen atoms in total. The number of carbonyl (C=O) groups is 2. The summed E-state index contributed by atoms with van der Waals surface area (Å²) in [5, 5.41) is 0. The van der Waals surface area contributed by atoms with E-state index in [4.69, 9.17) is 9.47 Å². The van der Waals surface area contributed by atoms with E-state index in [0.29, 0.717) is 6.42 Å². The SMILES string of the molecule is CCC[C@H](N[S@](=O)C(C)(C)C)[C@H](C(=O)OCC)C(=O)OC(C)(C)C. The van der Waals surface area contributed by atoms with Crippen molar-refractivity contribution in [2.75, 3.05) is 6.61 Å². The summed E-state index contributed by atoms with van der Waals surface area (Å²) in [5.74, 6) is -2.45. The van der Waals surface area contributed by atoms with Crippen LogP contribution in [0.3, 0.4) is 0 Å². The van der Waals surface area contributed by atoms with Crippen LogP contribution in [-0.4, -0.2) is 39.1 Å². The molecule has 0 amide bonds. The van der Waals surface area contributed by atoms with Crippen LogP contribution in [0.1, 0.15) is 68.2 Å². The van der Waals surface area contributed by atoms with E-state index in [1.807, 2.05) is 27.7 Å². The molecule has 0 aromatic heterocycles. The molecule has 24 heavy (non-hydrogen) atoms. The van der Waals surface area contributed by atoms with Gasteiger partial charge in [0, 0.05) is 6.04 Å². The van der Waals surface area contributed by atoms with Crippen LogP contribution in [0.4, 0.5) is 0 Å². The van der Waals surface area contributed by atoms with E-state index >= 15 is 0 Å². The highest BCUT2D eigenvalue weighted by Gasteiger charge is 2.40. The first-order valence-electron chi connectivity index (χ1n) is 8.41. The van der Waals surface area contributed by atoms with Crippen molar-refractivity contribution in [3.63, 3.8) is 0 Å². The zero-order chi connectivity index (χ0) is 19.1. The third-order valence-electron chi connectivity index (χ3n) is 3.02. The second-order valence-electron chi connectivity index (χ2n) is 7.66. The van der Waals surface area contributed by atoms with Crippen LogP contribution >= 0.6 is 0 Å². The van der Waals surface area contributed by atoms with Gasteiger partial charge >= 0.3 is 11.9 Å². The van der Waals surface area contributed by atoms with Gasteiger partial charge in [-0.15, -0.1) is 0 Å². The van der Waals surface area contributed by atoms with E-state index in [1.165, 1.54) is 0 Å². The normalized spacial score (nSPS) is 16.2. The second-order valence-corrected chi connectivity index (χ2v) is 9.66. The topological polar surface area (TPSA) is 81.7 Å². The molecule has 0 radical (unpaired) electrons. The Morgan fingerprint density at radius 1 is 1.04 bits per heavy atom. The highest BCUT2D eigenvalue weighted by atomic mass is 32.2. The van der Waals surface area contributed by atoms with Crippen LogP contribution < -0.4 is 4.72 Å². The molecule has 0 aliphatic heterocycles. The molecule has 0 rings (SSSR count). The van der Waals surface area contributed by atoms with Gasteiger partial charge in [-0.25, -0.2) is 8.93 Å². The molecular formula is C17H33NO5S. The number of carbonyl (C=O) groups excluding carboxylic acids is 2. The molecule has 3 atom stereocenters. The van der Waals surface area contributed by atoms with Gasteiger partial charge in [-0.2, -0.15) is 0 Å². The third-order valence-corrected chi connectivity index (χ3v) is 4.65. The third kappa shape index (κ3) is 8.24. The van der Waals surface area contributed by atoms with Crippen LogP contribution in [0, 0.1) is 5.92 Å². The highest BCUT2D eigenvalue weighted by Crippen LogP contribution is 2.21. The van der Waals surface area contributed by atoms with Crippen molar-refractivity contribution < 1.29 is 23.3 Å². The summed E-state index contributed by atoms with van der Waals surface area (Å²) in [6.07, 6.45) is 1.22. The summed E-state index contributed by atoms with van der Waals surface area (Å²) in [6.45, 7) is 14.5. The molecule has 0 bridgehead atoms. The monoisotopic (exact) mass is 363 g/mol. The Morgan fingerprint density at radius 3 is 1.96 bits per heavy atom. The fraction of sp³-hybridized carbons (Fsp3) is 0.882. The first-order valence-corrected chi connectivity index (χ1v) is 9.56. The Labute approximate surface area is 148 Å². The summed E-state index contributed by atoms with van der Waals surface area (Å²) in [7, 11) is -1.42. The van der Waals surface area contributed by atoms with E-state index in [1.54, 1.807) is 27.7 Å². The van der Waals surface area contributed by atoms with Crippen LogP contribution in [0.5, 0.6) is 0 Å². The fourth-order valence-electron chi connectivity index (χ4n) is 1.94. The zero-order valence-corrected chi connectivity index (χ0v) is 17.0. The Hall–Kier alpha value is -0.950. The van der Waals surface area contributed by atoms with Crippen molar-refractivity contribution in [1.29, 1.82) is 0 Å². The van der Waals surface area contributed by atoms with Gasteiger partial charge in [0.1, 0.15) is 5.60 Å². The van der Waals surface area contributed by atoms with Crippen molar-refractivity contribution in [2.45, 2.75) is 84.6 Å². The number of ether oxygens (including phenoxy) is 2. The molecule has 0 aromatic rings. The Morgan fingerprint density at radius 2 is 1.58 bits per heavy atom. The first-order chi connectivity index (χ1) is 10.8. The molecule has 0 saturated carbocycles. The van der Waals surface area contributed by atoms with Gasteiger partial charge in [0.25, 0.3) is 0 Å². The highest BCUT2D eigenvalue weighted by molar-refractivity contribution is 7.84. The Kier molecular flexibility index (Phi) is 9.14. The Bertz CT molecular complexity index is 451. The van der Waals surface area contributed by atoms with Crippen molar-refractivity contribution in [1.82, 2.24) is 4.72 Å². The first kappa shape index (κ1) is 23.1. The average Bonchev–Trinajstić information content (AvgIpc) is 2.35. The lowest BCUT2D eigenvalue weighted by Gasteiger charge is -2.30. The standard InChI is InChI=1S/C17H33NO5S/c1-9-11-12(18-24(21)17(6,7)8)13(14(19)22-10-2)15(20)23-16(3,4)5/h12-13,18H,9-11H2,1-8H3/t12-,13+,24+/m0/s1. The number of rotatable bonds is 8. The zero-order valence-electron chi connectivity index (χ0n) is 16.2. The lowest BCUT2D eigenvalue weighted by Crippen LogP contribution is -2.50. The molecule has 142 valence electrons. The molecule has 0 aliphatic rings. The van der Waals surface area contributed by atoms with Crippen LogP contribution in [0.15, 0.2) is 0 Å². The predicted molar refractivity (Wildman–Crippen MR) is 95.7 cm³/mol. The van der Waals surface area contributed by atoms with Gasteiger partial charge in [0.05, 0.1) is 22.3 Å². The summed E-state index contributed by atoms with van der Waals surface area (Å²) in [6, 6.07) is -0.607. The summed E-state index contributed by atoms with van der Waals surface area (Å²) < 4.78 is 25.3. The van der Waals surface area contributed by atoms with Crippen LogP contribution in [0.25, 0.3) is 0 Å². The molecule has 1 N–H and O–H groups in total. The van der Waals surface area contributed by atoms with E-state index in [9.17, 15) is 13.8 Å². The molecule has 0 spiro atoms. The summed E-state index contributed by atoms with van der Waals surface area (Å²) in [5.41, 5.74) is -0.720. The maximum Gasteiger partial charge on any atom is 0.322 e. The number of esters is 2. The van der Waals surface area contributed by atoms with Crippen molar-refractivity contribution in [3.8, 4) is 0 Å². The van der Waals surface area contributed by atoms with Gasteiger partial charge in [0.2, 0.25) is 0 Å². The van der Waals surface area contributed by atoms with Crippen LogP contribution in [-0.2, 0) is 30.0 Å². The lowest BCUT2D eigenvalue weighted by atomic mass is 9.96. The second kappa shape index (κ2) is 9.51. The minimum absolute atomic E-state index is 0.166. The maximum atomic E-state index is 12.6. The lowest BCUT2D eigenvalue weighted by molar-refractivity contribution is -0.170. The number of nitrogens with one attached hydrogen (secondary N) is 1. The van der Waals surface area contributed by atoms with E-state index in [2.05, 4.69) is 4.72 Å². The van der Waals surface area contributed by atoms with E-state index in [-0.39, 0.29) is 6.61 Å². The van der Waals surface area contributed by atoms with Gasteiger partial charge < -0.3 is 9.47 Å². The van der Waals surface area contributed by atoms with Gasteiger partial charge in [-0.3, -0.25) is 9.59 Å². The van der Waals surface area contributed by atoms with Crippen molar-refractivity contribution in [3.05, 3.63) is 0 Å². The largest absolute Gasteiger partial charge is 0.465 e. The smallest absolute Gasteiger partial charge is 0.322 e. The molecular weight excluding hydrogens is 330 g/mol.